The minimum atomic E-state index is -0.593. The molecular formula is C23H26FN5O. The molecule has 7 heteroatoms. The second-order valence-electron chi connectivity index (χ2n) is 7.25. The Morgan fingerprint density at radius 1 is 1.20 bits per heavy atom. The van der Waals surface area contributed by atoms with Gasteiger partial charge in [-0.3, -0.25) is 0 Å². The van der Waals surface area contributed by atoms with Gasteiger partial charge in [-0.15, -0.1) is 0 Å². The fourth-order valence-corrected chi connectivity index (χ4v) is 3.05. The number of pyridine rings is 2. The summed E-state index contributed by atoms with van der Waals surface area (Å²) >= 11 is 0. The number of hydrogen-bond acceptors (Lipinski definition) is 6. The summed E-state index contributed by atoms with van der Waals surface area (Å²) in [4.78, 5) is 8.30. The van der Waals surface area contributed by atoms with Crippen molar-refractivity contribution in [3.8, 4) is 17.0 Å². The summed E-state index contributed by atoms with van der Waals surface area (Å²) in [7, 11) is 1.63. The first kappa shape index (κ1) is 21.2. The molecule has 156 valence electrons. The molecule has 0 atom stereocenters. The van der Waals surface area contributed by atoms with Crippen LogP contribution in [0.5, 0.6) is 5.75 Å². The third-order valence-electron chi connectivity index (χ3n) is 4.48. The highest BCUT2D eigenvalue weighted by molar-refractivity contribution is 6.03. The maximum Gasteiger partial charge on any atom is 0.222 e. The lowest BCUT2D eigenvalue weighted by atomic mass is 10.1. The van der Waals surface area contributed by atoms with Gasteiger partial charge in [0.25, 0.3) is 0 Å². The molecule has 6 nitrogen and oxygen atoms in total. The highest BCUT2D eigenvalue weighted by Gasteiger charge is 2.18. The van der Waals surface area contributed by atoms with Crippen molar-refractivity contribution in [3.05, 3.63) is 65.9 Å². The van der Waals surface area contributed by atoms with Crippen molar-refractivity contribution in [3.63, 3.8) is 0 Å². The van der Waals surface area contributed by atoms with Crippen molar-refractivity contribution >= 4 is 17.1 Å². The molecule has 3 N–H and O–H groups in total. The van der Waals surface area contributed by atoms with Crippen molar-refractivity contribution in [1.29, 1.82) is 5.41 Å². The molecule has 0 bridgehead atoms. The molecule has 0 aliphatic rings. The number of benzene rings is 1. The highest BCUT2D eigenvalue weighted by atomic mass is 19.1. The lowest BCUT2D eigenvalue weighted by Gasteiger charge is -2.21. The molecule has 0 radical (unpaired) electrons. The third-order valence-corrected chi connectivity index (χ3v) is 4.48. The molecule has 0 aliphatic carbocycles. The van der Waals surface area contributed by atoms with Gasteiger partial charge in [0.1, 0.15) is 11.4 Å². The normalized spacial score (nSPS) is 10.7. The van der Waals surface area contributed by atoms with Gasteiger partial charge >= 0.3 is 0 Å². The molecule has 0 unspecified atom stereocenters. The number of ether oxygens (including phenoxy) is 1. The van der Waals surface area contributed by atoms with E-state index in [1.807, 2.05) is 38.1 Å². The molecule has 3 rings (SSSR count). The van der Waals surface area contributed by atoms with E-state index in [1.54, 1.807) is 32.2 Å². The Labute approximate surface area is 176 Å². The number of nitrogens with zero attached hydrogens (tertiary/aromatic N) is 2. The first-order chi connectivity index (χ1) is 14.4. The summed E-state index contributed by atoms with van der Waals surface area (Å²) in [5.74, 6) is 0.199. The van der Waals surface area contributed by atoms with E-state index in [4.69, 9.17) is 10.1 Å². The zero-order chi connectivity index (χ0) is 21.7. The average Bonchev–Trinajstić information content (AvgIpc) is 2.73. The van der Waals surface area contributed by atoms with Crippen LogP contribution in [0.3, 0.4) is 0 Å². The minimum Gasteiger partial charge on any atom is -0.497 e. The van der Waals surface area contributed by atoms with Crippen LogP contribution in [0.2, 0.25) is 0 Å². The number of rotatable bonds is 8. The van der Waals surface area contributed by atoms with Crippen LogP contribution >= 0.6 is 0 Å². The first-order valence-corrected chi connectivity index (χ1v) is 9.73. The Hall–Kier alpha value is -3.48. The summed E-state index contributed by atoms with van der Waals surface area (Å²) < 4.78 is 19.5. The van der Waals surface area contributed by atoms with Crippen LogP contribution in [0.25, 0.3) is 11.3 Å². The lowest BCUT2D eigenvalue weighted by molar-refractivity contribution is 0.414. The number of halogens is 1. The molecule has 30 heavy (non-hydrogen) atoms. The van der Waals surface area contributed by atoms with Crippen LogP contribution in [0.4, 0.5) is 15.8 Å². The summed E-state index contributed by atoms with van der Waals surface area (Å²) in [6.45, 7) is 6.26. The first-order valence-electron chi connectivity index (χ1n) is 9.73. The van der Waals surface area contributed by atoms with Crippen LogP contribution in [-0.2, 0) is 6.54 Å². The number of anilines is 2. The molecule has 2 heterocycles. The van der Waals surface area contributed by atoms with Crippen LogP contribution in [0.15, 0.2) is 48.7 Å². The fraction of sp³-hybridized carbons (Fsp3) is 0.261. The van der Waals surface area contributed by atoms with Crippen molar-refractivity contribution in [2.45, 2.75) is 33.4 Å². The molecule has 3 aromatic rings. The van der Waals surface area contributed by atoms with Crippen LogP contribution in [0.1, 0.15) is 32.0 Å². The van der Waals surface area contributed by atoms with E-state index in [9.17, 15) is 4.39 Å². The molecular weight excluding hydrogens is 381 g/mol. The second-order valence-corrected chi connectivity index (χ2v) is 7.25. The average molecular weight is 407 g/mol. The van der Waals surface area contributed by atoms with Gasteiger partial charge < -0.3 is 20.8 Å². The van der Waals surface area contributed by atoms with Gasteiger partial charge in [-0.05, 0) is 56.7 Å². The van der Waals surface area contributed by atoms with Crippen molar-refractivity contribution in [2.24, 2.45) is 0 Å². The maximum atomic E-state index is 14.3. The van der Waals surface area contributed by atoms with Crippen molar-refractivity contribution in [1.82, 2.24) is 9.97 Å². The molecule has 0 spiro atoms. The molecule has 0 aliphatic heterocycles. The van der Waals surface area contributed by atoms with Crippen LogP contribution in [0, 0.1) is 11.4 Å². The predicted molar refractivity (Wildman–Crippen MR) is 119 cm³/mol. The maximum absolute atomic E-state index is 14.3. The Balaban J connectivity index is 2.04. The summed E-state index contributed by atoms with van der Waals surface area (Å²) in [6, 6.07) is 13.0. The van der Waals surface area contributed by atoms with E-state index < -0.39 is 5.95 Å². The summed E-state index contributed by atoms with van der Waals surface area (Å²) in [5, 5.41) is 15.0. The Bertz CT molecular complexity index is 1030. The third kappa shape index (κ3) is 4.92. The Kier molecular flexibility index (Phi) is 6.61. The Morgan fingerprint density at radius 2 is 1.93 bits per heavy atom. The summed E-state index contributed by atoms with van der Waals surface area (Å²) in [6.07, 6.45) is 1.40. The van der Waals surface area contributed by atoms with Gasteiger partial charge in [-0.25, -0.2) is 9.97 Å². The SMILES string of the molecule is COc1ccc(CNc2cc(-c3cccnc3F)nc(C(C)=N)c2NC(C)C)cc1. The van der Waals surface area contributed by atoms with Gasteiger partial charge in [-0.2, -0.15) is 4.39 Å². The number of hydrogen-bond donors (Lipinski definition) is 3. The van der Waals surface area contributed by atoms with Crippen LogP contribution in [-0.4, -0.2) is 28.8 Å². The van der Waals surface area contributed by atoms with Crippen molar-refractivity contribution in [2.75, 3.05) is 17.7 Å². The van der Waals surface area contributed by atoms with E-state index in [1.165, 1.54) is 6.20 Å². The largest absolute Gasteiger partial charge is 0.497 e. The molecule has 0 amide bonds. The van der Waals surface area contributed by atoms with E-state index in [0.29, 0.717) is 23.5 Å². The number of nitrogens with one attached hydrogen (secondary N) is 3. The van der Waals surface area contributed by atoms with E-state index >= 15 is 0 Å². The van der Waals surface area contributed by atoms with E-state index in [-0.39, 0.29) is 11.8 Å². The second kappa shape index (κ2) is 9.35. The van der Waals surface area contributed by atoms with E-state index in [0.717, 1.165) is 22.7 Å². The Morgan fingerprint density at radius 3 is 2.53 bits per heavy atom. The zero-order valence-electron chi connectivity index (χ0n) is 17.6. The number of aromatic nitrogens is 2. The highest BCUT2D eigenvalue weighted by Crippen LogP contribution is 2.32. The number of methoxy groups -OCH3 is 1. The lowest BCUT2D eigenvalue weighted by Crippen LogP contribution is -2.17. The molecule has 2 aromatic heterocycles. The zero-order valence-corrected chi connectivity index (χ0v) is 17.6. The smallest absolute Gasteiger partial charge is 0.222 e. The molecule has 0 saturated carbocycles. The van der Waals surface area contributed by atoms with Gasteiger partial charge in [0.05, 0.1) is 35.5 Å². The standard InChI is InChI=1S/C23H26FN5O/c1-14(2)28-22-20(27-13-16-7-9-17(30-4)10-8-16)12-19(29-21(22)15(3)25)18-6-5-11-26-23(18)24/h5-12,14,25,28H,13H2,1-4H3,(H,27,29). The van der Waals surface area contributed by atoms with Gasteiger partial charge in [0, 0.05) is 18.8 Å². The minimum absolute atomic E-state index is 0.132. The fourth-order valence-electron chi connectivity index (χ4n) is 3.05. The van der Waals surface area contributed by atoms with E-state index in [2.05, 4.69) is 20.6 Å². The molecule has 0 fully saturated rings. The van der Waals surface area contributed by atoms with Gasteiger partial charge in [0.2, 0.25) is 5.95 Å². The van der Waals surface area contributed by atoms with Crippen molar-refractivity contribution < 1.29 is 9.13 Å². The quantitative estimate of drug-likeness (QED) is 0.357. The predicted octanol–water partition coefficient (Wildman–Crippen LogP) is 5.11. The monoisotopic (exact) mass is 407 g/mol. The molecule has 0 saturated heterocycles. The van der Waals surface area contributed by atoms with Gasteiger partial charge in [-0.1, -0.05) is 12.1 Å². The summed E-state index contributed by atoms with van der Waals surface area (Å²) in [5.41, 5.74) is 4.01. The van der Waals surface area contributed by atoms with Gasteiger partial charge in [0.15, 0.2) is 0 Å². The topological polar surface area (TPSA) is 82.9 Å². The van der Waals surface area contributed by atoms with Crippen LogP contribution < -0.4 is 15.4 Å². The molecule has 1 aromatic carbocycles.